The Labute approximate surface area is 198 Å². The van der Waals surface area contributed by atoms with Crippen LogP contribution in [0.1, 0.15) is 42.9 Å². The number of halogens is 3. The molecule has 2 aromatic carbocycles. The molecule has 1 aliphatic heterocycles. The number of alkyl halides is 3. The van der Waals surface area contributed by atoms with E-state index in [4.69, 9.17) is 0 Å². The second-order valence-corrected chi connectivity index (χ2v) is 10.5. The van der Waals surface area contributed by atoms with Gasteiger partial charge in [0.05, 0.1) is 17.5 Å². The van der Waals surface area contributed by atoms with Crippen LogP contribution in [0.3, 0.4) is 0 Å². The van der Waals surface area contributed by atoms with Gasteiger partial charge in [-0.3, -0.25) is 14.0 Å². The Morgan fingerprint density at radius 2 is 1.68 bits per heavy atom. The first kappa shape index (κ1) is 26.0. The first-order valence-corrected chi connectivity index (χ1v) is 13.0. The van der Waals surface area contributed by atoms with Crippen LogP contribution >= 0.6 is 0 Å². The number of nitrogens with zero attached hydrogens (tertiary/aromatic N) is 2. The van der Waals surface area contributed by atoms with Gasteiger partial charge in [0.1, 0.15) is 6.04 Å². The summed E-state index contributed by atoms with van der Waals surface area (Å²) < 4.78 is 64.8. The molecule has 0 saturated carbocycles. The minimum atomic E-state index is -4.63. The van der Waals surface area contributed by atoms with Crippen molar-refractivity contribution in [2.45, 2.75) is 51.5 Å². The molecular formula is C24H30F3N3O3S. The van der Waals surface area contributed by atoms with E-state index in [1.54, 1.807) is 0 Å². The number of hydrogen-bond donors (Lipinski definition) is 1. The Balaban J connectivity index is 1.66. The molecule has 1 saturated heterocycles. The number of carbonyl (C=O) groups excluding carboxylic acids is 1. The van der Waals surface area contributed by atoms with Crippen LogP contribution < -0.4 is 9.62 Å². The summed E-state index contributed by atoms with van der Waals surface area (Å²) >= 11 is 0. The van der Waals surface area contributed by atoms with Gasteiger partial charge in [0.15, 0.2) is 0 Å². The summed E-state index contributed by atoms with van der Waals surface area (Å²) in [5.41, 5.74) is 0.809. The molecule has 1 N–H and O–H groups in total. The van der Waals surface area contributed by atoms with E-state index in [0.717, 1.165) is 49.7 Å². The minimum absolute atomic E-state index is 0.174. The lowest BCUT2D eigenvalue weighted by molar-refractivity contribution is -0.137. The monoisotopic (exact) mass is 497 g/mol. The predicted octanol–water partition coefficient (Wildman–Crippen LogP) is 4.16. The van der Waals surface area contributed by atoms with E-state index in [1.165, 1.54) is 37.8 Å². The van der Waals surface area contributed by atoms with Crippen LogP contribution in [0.5, 0.6) is 0 Å². The number of carbonyl (C=O) groups is 1. The van der Waals surface area contributed by atoms with Gasteiger partial charge in [0.2, 0.25) is 15.9 Å². The van der Waals surface area contributed by atoms with Gasteiger partial charge in [-0.2, -0.15) is 13.2 Å². The van der Waals surface area contributed by atoms with E-state index < -0.39 is 33.7 Å². The molecule has 6 nitrogen and oxygen atoms in total. The summed E-state index contributed by atoms with van der Waals surface area (Å²) in [7, 11) is -4.03. The molecule has 2 aromatic rings. The lowest BCUT2D eigenvalue weighted by Crippen LogP contribution is -2.47. The largest absolute Gasteiger partial charge is 0.416 e. The molecule has 186 valence electrons. The number of piperidine rings is 1. The highest BCUT2D eigenvalue weighted by molar-refractivity contribution is 7.92. The maximum absolute atomic E-state index is 13.1. The number of anilines is 1. The Kier molecular flexibility index (Phi) is 8.25. The third kappa shape index (κ3) is 6.96. The van der Waals surface area contributed by atoms with Crippen molar-refractivity contribution < 1.29 is 26.4 Å². The van der Waals surface area contributed by atoms with Crippen LogP contribution in [0.2, 0.25) is 0 Å². The highest BCUT2D eigenvalue weighted by atomic mass is 32.2. The molecular weight excluding hydrogens is 467 g/mol. The van der Waals surface area contributed by atoms with Crippen molar-refractivity contribution >= 4 is 21.6 Å². The average Bonchev–Trinajstić information content (AvgIpc) is 2.78. The molecule has 1 atom stereocenters. The van der Waals surface area contributed by atoms with E-state index in [-0.39, 0.29) is 12.2 Å². The maximum Gasteiger partial charge on any atom is 0.416 e. The third-order valence-corrected chi connectivity index (χ3v) is 7.10. The topological polar surface area (TPSA) is 69.7 Å². The summed E-state index contributed by atoms with van der Waals surface area (Å²) in [5.74, 6) is -0.611. The van der Waals surface area contributed by atoms with Gasteiger partial charge in [0, 0.05) is 13.1 Å². The standard InChI is InChI=1S/C24H30F3N3O3S/c1-18(30(34(2,32)33)22-8-6-7-21(15-22)24(25,26)27)23(31)28-16-19-9-11-20(12-10-19)17-29-13-4-3-5-14-29/h6-12,15,18H,3-5,13-14,16-17H2,1-2H3,(H,28,31)/t18-/m1/s1. The summed E-state index contributed by atoms with van der Waals surface area (Å²) in [6.07, 6.45) is -0.0678. The molecule has 0 unspecified atom stereocenters. The van der Waals surface area contributed by atoms with Crippen LogP contribution in [0.15, 0.2) is 48.5 Å². The number of nitrogens with one attached hydrogen (secondary N) is 1. The molecule has 0 spiro atoms. The van der Waals surface area contributed by atoms with E-state index in [0.29, 0.717) is 4.31 Å². The Hall–Kier alpha value is -2.59. The Morgan fingerprint density at radius 1 is 1.06 bits per heavy atom. The van der Waals surface area contributed by atoms with Gasteiger partial charge in [0.25, 0.3) is 0 Å². The highest BCUT2D eigenvalue weighted by Crippen LogP contribution is 2.32. The zero-order chi connectivity index (χ0) is 24.9. The molecule has 0 radical (unpaired) electrons. The van der Waals surface area contributed by atoms with Gasteiger partial charge in [-0.05, 0) is 62.2 Å². The number of rotatable bonds is 8. The molecule has 3 rings (SSSR count). The van der Waals surface area contributed by atoms with E-state index in [1.807, 2.05) is 24.3 Å². The van der Waals surface area contributed by atoms with Gasteiger partial charge in [-0.15, -0.1) is 0 Å². The molecule has 34 heavy (non-hydrogen) atoms. The molecule has 0 aromatic heterocycles. The van der Waals surface area contributed by atoms with Crippen molar-refractivity contribution in [3.8, 4) is 0 Å². The summed E-state index contributed by atoms with van der Waals surface area (Å²) in [6.45, 7) is 4.59. The van der Waals surface area contributed by atoms with Gasteiger partial charge >= 0.3 is 6.18 Å². The molecule has 0 bridgehead atoms. The third-order valence-electron chi connectivity index (χ3n) is 5.86. The van der Waals surface area contributed by atoms with Gasteiger partial charge < -0.3 is 5.32 Å². The summed E-state index contributed by atoms with van der Waals surface area (Å²) in [5, 5.41) is 2.69. The minimum Gasteiger partial charge on any atom is -0.350 e. The lowest BCUT2D eigenvalue weighted by Gasteiger charge is -2.28. The number of amides is 1. The van der Waals surface area contributed by atoms with Crippen molar-refractivity contribution in [1.82, 2.24) is 10.2 Å². The fraction of sp³-hybridized carbons (Fsp3) is 0.458. The van der Waals surface area contributed by atoms with Crippen molar-refractivity contribution in [2.75, 3.05) is 23.7 Å². The summed E-state index contributed by atoms with van der Waals surface area (Å²) in [6, 6.07) is 10.5. The van der Waals surface area contributed by atoms with E-state index in [2.05, 4.69) is 10.2 Å². The molecule has 0 aliphatic carbocycles. The zero-order valence-corrected chi connectivity index (χ0v) is 20.1. The zero-order valence-electron chi connectivity index (χ0n) is 19.3. The molecule has 1 heterocycles. The molecule has 1 aliphatic rings. The normalized spacial score (nSPS) is 16.1. The van der Waals surface area contributed by atoms with E-state index >= 15 is 0 Å². The van der Waals surface area contributed by atoms with Crippen LogP contribution in [-0.4, -0.2) is 44.6 Å². The van der Waals surface area contributed by atoms with Crippen LogP contribution in [0.25, 0.3) is 0 Å². The summed E-state index contributed by atoms with van der Waals surface area (Å²) in [4.78, 5) is 15.2. The van der Waals surface area contributed by atoms with Crippen molar-refractivity contribution in [3.05, 3.63) is 65.2 Å². The number of sulfonamides is 1. The first-order valence-electron chi connectivity index (χ1n) is 11.2. The predicted molar refractivity (Wildman–Crippen MR) is 126 cm³/mol. The van der Waals surface area contributed by atoms with Crippen LogP contribution in [-0.2, 0) is 34.1 Å². The number of benzene rings is 2. The van der Waals surface area contributed by atoms with Crippen molar-refractivity contribution in [1.29, 1.82) is 0 Å². The van der Waals surface area contributed by atoms with Crippen molar-refractivity contribution in [2.24, 2.45) is 0 Å². The Morgan fingerprint density at radius 3 is 2.26 bits per heavy atom. The highest BCUT2D eigenvalue weighted by Gasteiger charge is 2.34. The SMILES string of the molecule is C[C@H](C(=O)NCc1ccc(CN2CCCCC2)cc1)N(c1cccc(C(F)(F)F)c1)S(C)(=O)=O. The van der Waals surface area contributed by atoms with Gasteiger partial charge in [-0.25, -0.2) is 8.42 Å². The quantitative estimate of drug-likeness (QED) is 0.595. The number of likely N-dealkylation sites (tertiary alicyclic amines) is 1. The smallest absolute Gasteiger partial charge is 0.350 e. The van der Waals surface area contributed by atoms with Crippen molar-refractivity contribution in [3.63, 3.8) is 0 Å². The molecule has 1 fully saturated rings. The fourth-order valence-electron chi connectivity index (χ4n) is 4.10. The second kappa shape index (κ2) is 10.8. The average molecular weight is 498 g/mol. The fourth-order valence-corrected chi connectivity index (χ4v) is 5.27. The second-order valence-electron chi connectivity index (χ2n) is 8.65. The van der Waals surface area contributed by atoms with E-state index in [9.17, 15) is 26.4 Å². The van der Waals surface area contributed by atoms with Crippen LogP contribution in [0, 0.1) is 0 Å². The molecule has 10 heteroatoms. The van der Waals surface area contributed by atoms with Gasteiger partial charge in [-0.1, -0.05) is 36.8 Å². The maximum atomic E-state index is 13.1. The van der Waals surface area contributed by atoms with Crippen LogP contribution in [0.4, 0.5) is 18.9 Å². The lowest BCUT2D eigenvalue weighted by atomic mass is 10.1. The molecule has 1 amide bonds. The Bertz CT molecular complexity index is 1080. The number of hydrogen-bond acceptors (Lipinski definition) is 4. The first-order chi connectivity index (χ1) is 15.9.